The van der Waals surface area contributed by atoms with E-state index in [1.54, 1.807) is 42.5 Å². The largest absolute Gasteiger partial charge is 0.356 e. The number of rotatable bonds is 10. The van der Waals surface area contributed by atoms with Gasteiger partial charge in [-0.1, -0.05) is 35.0 Å². The van der Waals surface area contributed by atoms with Gasteiger partial charge in [0.25, 0.3) is 0 Å². The lowest BCUT2D eigenvalue weighted by atomic mass is 10.2. The van der Waals surface area contributed by atoms with Crippen molar-refractivity contribution in [3.63, 3.8) is 0 Å². The quantitative estimate of drug-likeness (QED) is 0.475. The first-order valence-electron chi connectivity index (χ1n) is 9.57. The van der Waals surface area contributed by atoms with E-state index in [9.17, 15) is 13.2 Å². The van der Waals surface area contributed by atoms with E-state index >= 15 is 0 Å². The van der Waals surface area contributed by atoms with Gasteiger partial charge in [0, 0.05) is 30.0 Å². The number of benzene rings is 2. The molecule has 0 spiro atoms. The maximum Gasteiger partial charge on any atom is 0.226 e. The van der Waals surface area contributed by atoms with Gasteiger partial charge < -0.3 is 9.84 Å². The molecule has 3 rings (SSSR count). The summed E-state index contributed by atoms with van der Waals surface area (Å²) in [7, 11) is -3.32. The molecule has 3 aromatic rings. The molecule has 0 fully saturated rings. The van der Waals surface area contributed by atoms with Gasteiger partial charge in [-0.25, -0.2) is 8.42 Å². The molecule has 0 bridgehead atoms. The molecule has 7 nitrogen and oxygen atoms in total. The molecular formula is C21H22ClN3O4S. The zero-order valence-corrected chi connectivity index (χ0v) is 17.8. The van der Waals surface area contributed by atoms with Crippen molar-refractivity contribution >= 4 is 27.3 Å². The lowest BCUT2D eigenvalue weighted by Gasteiger charge is -2.06. The van der Waals surface area contributed by atoms with Crippen molar-refractivity contribution in [3.8, 4) is 11.4 Å². The molecule has 0 aliphatic heterocycles. The fourth-order valence-corrected chi connectivity index (χ4v) is 4.25. The highest BCUT2D eigenvalue weighted by molar-refractivity contribution is 7.91. The zero-order chi connectivity index (χ0) is 21.4. The first-order valence-corrected chi connectivity index (χ1v) is 11.6. The Morgan fingerprint density at radius 3 is 2.50 bits per heavy atom. The van der Waals surface area contributed by atoms with Gasteiger partial charge in [0.05, 0.1) is 10.6 Å². The van der Waals surface area contributed by atoms with Gasteiger partial charge in [0.15, 0.2) is 9.84 Å². The fraction of sp³-hybridized carbons (Fsp3) is 0.286. The number of hydrogen-bond acceptors (Lipinski definition) is 6. The fourth-order valence-electron chi connectivity index (χ4n) is 2.80. The molecule has 2 aromatic carbocycles. The van der Waals surface area contributed by atoms with Crippen molar-refractivity contribution in [2.75, 3.05) is 12.3 Å². The van der Waals surface area contributed by atoms with Crippen LogP contribution in [-0.2, 0) is 21.1 Å². The number of aryl methyl sites for hydroxylation is 1. The molecule has 30 heavy (non-hydrogen) atoms. The highest BCUT2D eigenvalue weighted by atomic mass is 35.5. The maximum absolute atomic E-state index is 12.2. The van der Waals surface area contributed by atoms with E-state index in [-0.39, 0.29) is 11.7 Å². The van der Waals surface area contributed by atoms with E-state index in [2.05, 4.69) is 15.5 Å². The second kappa shape index (κ2) is 10.4. The summed E-state index contributed by atoms with van der Waals surface area (Å²) in [4.78, 5) is 16.6. The predicted octanol–water partition coefficient (Wildman–Crippen LogP) is 3.69. The third-order valence-electron chi connectivity index (χ3n) is 4.38. The van der Waals surface area contributed by atoms with Gasteiger partial charge in [-0.15, -0.1) is 0 Å². The Hall–Kier alpha value is -2.71. The second-order valence-corrected chi connectivity index (χ2v) is 9.25. The smallest absolute Gasteiger partial charge is 0.226 e. The number of amides is 1. The first-order chi connectivity index (χ1) is 14.4. The Morgan fingerprint density at radius 2 is 1.77 bits per heavy atom. The van der Waals surface area contributed by atoms with Crippen LogP contribution in [0.15, 0.2) is 64.0 Å². The maximum atomic E-state index is 12.2. The average molecular weight is 448 g/mol. The summed E-state index contributed by atoms with van der Waals surface area (Å²) in [6.07, 6.45) is 1.69. The summed E-state index contributed by atoms with van der Waals surface area (Å²) >= 11 is 5.87. The van der Waals surface area contributed by atoms with Crippen molar-refractivity contribution < 1.29 is 17.7 Å². The Bertz CT molecular complexity index is 1070. The van der Waals surface area contributed by atoms with Crippen LogP contribution in [0.4, 0.5) is 0 Å². The van der Waals surface area contributed by atoms with Crippen LogP contribution in [-0.4, -0.2) is 36.8 Å². The van der Waals surface area contributed by atoms with Crippen LogP contribution in [0.1, 0.15) is 25.2 Å². The van der Waals surface area contributed by atoms with Crippen LogP contribution in [0.2, 0.25) is 5.02 Å². The molecule has 1 heterocycles. The van der Waals surface area contributed by atoms with Crippen molar-refractivity contribution in [2.45, 2.75) is 30.6 Å². The summed E-state index contributed by atoms with van der Waals surface area (Å²) in [6.45, 7) is 0.312. The Labute approximate surface area is 180 Å². The third kappa shape index (κ3) is 6.40. The van der Waals surface area contributed by atoms with Crippen molar-refractivity contribution in [1.29, 1.82) is 0 Å². The number of sulfone groups is 1. The Kier molecular flexibility index (Phi) is 7.59. The van der Waals surface area contributed by atoms with E-state index in [0.29, 0.717) is 53.9 Å². The van der Waals surface area contributed by atoms with E-state index in [4.69, 9.17) is 16.1 Å². The minimum Gasteiger partial charge on any atom is -0.356 e. The molecule has 0 radical (unpaired) electrons. The molecule has 0 saturated heterocycles. The molecule has 9 heteroatoms. The predicted molar refractivity (Wildman–Crippen MR) is 114 cm³/mol. The van der Waals surface area contributed by atoms with Gasteiger partial charge in [-0.2, -0.15) is 4.98 Å². The highest BCUT2D eigenvalue weighted by Gasteiger charge is 2.14. The Balaban J connectivity index is 1.35. The van der Waals surface area contributed by atoms with Gasteiger partial charge in [0.2, 0.25) is 17.6 Å². The number of nitrogens with zero attached hydrogens (tertiary/aromatic N) is 2. The average Bonchev–Trinajstić information content (AvgIpc) is 3.21. The molecule has 0 unspecified atom stereocenters. The SMILES string of the molecule is O=C(CCCc1nc(-c2ccc(Cl)cc2)no1)NCCCS(=O)(=O)c1ccccc1. The second-order valence-electron chi connectivity index (χ2n) is 6.71. The normalized spacial score (nSPS) is 11.4. The lowest BCUT2D eigenvalue weighted by molar-refractivity contribution is -0.121. The van der Waals surface area contributed by atoms with Crippen LogP contribution in [0.25, 0.3) is 11.4 Å². The summed E-state index contributed by atoms with van der Waals surface area (Å²) in [5.74, 6) is 0.796. The van der Waals surface area contributed by atoms with Crippen molar-refractivity contribution in [2.24, 2.45) is 0 Å². The van der Waals surface area contributed by atoms with E-state index in [1.165, 1.54) is 0 Å². The number of carbonyl (C=O) groups is 1. The number of carbonyl (C=O) groups excluding carboxylic acids is 1. The molecule has 1 amide bonds. The van der Waals surface area contributed by atoms with Crippen LogP contribution < -0.4 is 5.32 Å². The molecule has 158 valence electrons. The highest BCUT2D eigenvalue weighted by Crippen LogP contribution is 2.19. The minimum atomic E-state index is -3.32. The van der Waals surface area contributed by atoms with Gasteiger partial charge >= 0.3 is 0 Å². The summed E-state index contributed by atoms with van der Waals surface area (Å²) in [6, 6.07) is 15.4. The molecular weight excluding hydrogens is 426 g/mol. The molecule has 0 aliphatic carbocycles. The molecule has 0 atom stereocenters. The molecule has 1 aromatic heterocycles. The van der Waals surface area contributed by atoms with Crippen molar-refractivity contribution in [1.82, 2.24) is 15.5 Å². The molecule has 0 saturated carbocycles. The first kappa shape index (κ1) is 22.0. The topological polar surface area (TPSA) is 102 Å². The molecule has 0 aliphatic rings. The van der Waals surface area contributed by atoms with Gasteiger partial charge in [-0.3, -0.25) is 4.79 Å². The van der Waals surface area contributed by atoms with Crippen LogP contribution >= 0.6 is 11.6 Å². The summed E-state index contributed by atoms with van der Waals surface area (Å²) < 4.78 is 29.6. The van der Waals surface area contributed by atoms with Gasteiger partial charge in [0.1, 0.15) is 0 Å². The van der Waals surface area contributed by atoms with E-state index in [1.807, 2.05) is 12.1 Å². The molecule has 1 N–H and O–H groups in total. The number of aromatic nitrogens is 2. The monoisotopic (exact) mass is 447 g/mol. The third-order valence-corrected chi connectivity index (χ3v) is 6.45. The lowest BCUT2D eigenvalue weighted by Crippen LogP contribution is -2.25. The standard InChI is InChI=1S/C21H22ClN3O4S/c22-17-12-10-16(11-13-17)21-24-20(29-25-21)9-4-8-19(26)23-14-5-15-30(27,28)18-6-2-1-3-7-18/h1-3,6-7,10-13H,4-5,8-9,14-15H2,(H,23,26). The summed E-state index contributed by atoms with van der Waals surface area (Å²) in [5.41, 5.74) is 0.803. The van der Waals surface area contributed by atoms with Crippen LogP contribution in [0.5, 0.6) is 0 Å². The van der Waals surface area contributed by atoms with Gasteiger partial charge in [-0.05, 0) is 49.2 Å². The summed E-state index contributed by atoms with van der Waals surface area (Å²) in [5, 5.41) is 7.31. The number of nitrogens with one attached hydrogen (secondary N) is 1. The van der Waals surface area contributed by atoms with E-state index < -0.39 is 9.84 Å². The van der Waals surface area contributed by atoms with Crippen molar-refractivity contribution in [3.05, 3.63) is 65.5 Å². The Morgan fingerprint density at radius 1 is 1.03 bits per heavy atom. The van der Waals surface area contributed by atoms with Crippen LogP contribution in [0, 0.1) is 0 Å². The number of halogens is 1. The number of hydrogen-bond donors (Lipinski definition) is 1. The van der Waals surface area contributed by atoms with E-state index in [0.717, 1.165) is 5.56 Å². The minimum absolute atomic E-state index is 0.00719. The van der Waals surface area contributed by atoms with Crippen LogP contribution in [0.3, 0.4) is 0 Å². The zero-order valence-electron chi connectivity index (χ0n) is 16.3.